The number of imidazole rings is 1. The van der Waals surface area contributed by atoms with Crippen LogP contribution in [0.5, 0.6) is 5.75 Å². The summed E-state index contributed by atoms with van der Waals surface area (Å²) in [5, 5.41) is 3.22. The van der Waals surface area contributed by atoms with Crippen molar-refractivity contribution in [3.63, 3.8) is 0 Å². The minimum absolute atomic E-state index is 0.136. The lowest BCUT2D eigenvalue weighted by molar-refractivity contribution is 0.0943. The lowest BCUT2D eigenvalue weighted by Crippen LogP contribution is -2.29. The topological polar surface area (TPSA) is 56.1 Å². The number of nitrogens with one attached hydrogen (secondary N) is 1. The Morgan fingerprint density at radius 3 is 1.92 bits per heavy atom. The lowest BCUT2D eigenvalue weighted by Gasteiger charge is -2.20. The van der Waals surface area contributed by atoms with E-state index in [2.05, 4.69) is 16.0 Å². The van der Waals surface area contributed by atoms with Crippen LogP contribution in [-0.4, -0.2) is 22.6 Å². The van der Waals surface area contributed by atoms with E-state index < -0.39 is 0 Å². The van der Waals surface area contributed by atoms with E-state index in [0.717, 1.165) is 45.0 Å². The van der Waals surface area contributed by atoms with Crippen LogP contribution in [0.15, 0.2) is 133 Å². The Morgan fingerprint density at radius 2 is 1.31 bits per heavy atom. The van der Waals surface area contributed by atoms with Crippen molar-refractivity contribution in [3.8, 4) is 22.8 Å². The highest BCUT2D eigenvalue weighted by molar-refractivity contribution is 5.95. The molecule has 1 heterocycles. The molecule has 0 fully saturated rings. The Morgan fingerprint density at radius 1 is 0.718 bits per heavy atom. The Labute approximate surface area is 227 Å². The van der Waals surface area contributed by atoms with Crippen molar-refractivity contribution in [1.82, 2.24) is 14.9 Å². The lowest BCUT2D eigenvalue weighted by atomic mass is 9.98. The number of para-hydroxylation sites is 2. The third-order valence-corrected chi connectivity index (χ3v) is 6.84. The number of aromatic nitrogens is 2. The maximum Gasteiger partial charge on any atom is 0.252 e. The van der Waals surface area contributed by atoms with Crippen LogP contribution >= 0.6 is 0 Å². The average molecular weight is 510 g/mol. The van der Waals surface area contributed by atoms with Crippen LogP contribution < -0.4 is 10.1 Å². The van der Waals surface area contributed by atoms with E-state index in [1.54, 1.807) is 7.11 Å². The van der Waals surface area contributed by atoms with Gasteiger partial charge >= 0.3 is 0 Å². The number of amides is 1. The first kappa shape index (κ1) is 24.2. The Kier molecular flexibility index (Phi) is 6.62. The smallest absolute Gasteiger partial charge is 0.252 e. The highest BCUT2D eigenvalue weighted by atomic mass is 16.5. The Balaban J connectivity index is 1.33. The van der Waals surface area contributed by atoms with Gasteiger partial charge in [0, 0.05) is 16.8 Å². The summed E-state index contributed by atoms with van der Waals surface area (Å²) in [5.74, 6) is 1.46. The summed E-state index contributed by atoms with van der Waals surface area (Å²) in [7, 11) is 1.66. The zero-order valence-corrected chi connectivity index (χ0v) is 21.5. The molecule has 39 heavy (non-hydrogen) atoms. The van der Waals surface area contributed by atoms with E-state index in [4.69, 9.17) is 9.72 Å². The summed E-state index contributed by atoms with van der Waals surface area (Å²) in [4.78, 5) is 18.3. The minimum Gasteiger partial charge on any atom is -0.497 e. The molecule has 0 aliphatic carbocycles. The fourth-order valence-electron chi connectivity index (χ4n) is 4.85. The van der Waals surface area contributed by atoms with Crippen molar-refractivity contribution in [1.29, 1.82) is 0 Å². The van der Waals surface area contributed by atoms with Crippen LogP contribution in [0, 0.1) is 0 Å². The summed E-state index contributed by atoms with van der Waals surface area (Å²) in [6.07, 6.45) is 0. The molecule has 0 unspecified atom stereocenters. The molecule has 0 atom stereocenters. The minimum atomic E-state index is -0.251. The maximum atomic E-state index is 13.4. The molecular weight excluding hydrogens is 482 g/mol. The van der Waals surface area contributed by atoms with Gasteiger partial charge in [0.15, 0.2) is 0 Å². The van der Waals surface area contributed by atoms with Crippen molar-refractivity contribution in [2.24, 2.45) is 0 Å². The molecule has 0 saturated heterocycles. The molecular formula is C34H27N3O2. The first-order chi connectivity index (χ1) is 19.2. The molecule has 5 heteroatoms. The van der Waals surface area contributed by atoms with Gasteiger partial charge in [0.05, 0.1) is 24.2 Å². The fourth-order valence-corrected chi connectivity index (χ4v) is 4.85. The Hall–Kier alpha value is -5.16. The number of carbonyl (C=O) groups is 1. The van der Waals surface area contributed by atoms with Crippen LogP contribution in [0.4, 0.5) is 0 Å². The molecule has 1 aromatic heterocycles. The number of hydrogen-bond acceptors (Lipinski definition) is 3. The summed E-state index contributed by atoms with van der Waals surface area (Å²) >= 11 is 0. The number of methoxy groups -OCH3 is 1. The van der Waals surface area contributed by atoms with E-state index in [1.807, 2.05) is 127 Å². The normalized spacial score (nSPS) is 11.0. The number of benzene rings is 5. The number of ether oxygens (including phenoxy) is 1. The molecule has 0 aliphatic heterocycles. The number of nitrogens with zero attached hydrogens (tertiary/aromatic N) is 2. The second-order valence-corrected chi connectivity index (χ2v) is 9.26. The van der Waals surface area contributed by atoms with Gasteiger partial charge in [0.25, 0.3) is 5.91 Å². The van der Waals surface area contributed by atoms with Crippen molar-refractivity contribution in [3.05, 3.63) is 150 Å². The molecule has 0 saturated carbocycles. The van der Waals surface area contributed by atoms with Crippen LogP contribution in [0.2, 0.25) is 0 Å². The van der Waals surface area contributed by atoms with Gasteiger partial charge < -0.3 is 10.1 Å². The van der Waals surface area contributed by atoms with Crippen LogP contribution in [0.25, 0.3) is 28.1 Å². The van der Waals surface area contributed by atoms with Crippen molar-refractivity contribution in [2.75, 3.05) is 7.11 Å². The molecule has 5 nitrogen and oxygen atoms in total. The Bertz CT molecular complexity index is 1670. The standard InChI is InChI=1S/C34H27N3O2/c1-39-29-22-20-28(21-23-29)37-31-15-9-8-14-30(31)35-33(37)26-16-18-27(19-17-26)34(38)36-32(24-10-4-2-5-11-24)25-12-6-3-7-13-25/h2-23,32H,1H3,(H,36,38). The first-order valence-corrected chi connectivity index (χ1v) is 12.8. The summed E-state index contributed by atoms with van der Waals surface area (Å²) < 4.78 is 7.48. The van der Waals surface area contributed by atoms with Crippen molar-refractivity contribution in [2.45, 2.75) is 6.04 Å². The van der Waals surface area contributed by atoms with Gasteiger partial charge in [-0.1, -0.05) is 84.9 Å². The number of rotatable bonds is 7. The van der Waals surface area contributed by atoms with Gasteiger partial charge in [-0.3, -0.25) is 9.36 Å². The zero-order chi connectivity index (χ0) is 26.6. The quantitative estimate of drug-likeness (QED) is 0.247. The van der Waals surface area contributed by atoms with E-state index >= 15 is 0 Å². The highest BCUT2D eigenvalue weighted by Gasteiger charge is 2.19. The molecule has 190 valence electrons. The summed E-state index contributed by atoms with van der Waals surface area (Å²) in [6, 6.07) is 43.4. The average Bonchev–Trinajstić information content (AvgIpc) is 3.40. The highest BCUT2D eigenvalue weighted by Crippen LogP contribution is 2.30. The molecule has 0 aliphatic rings. The van der Waals surface area contributed by atoms with E-state index in [9.17, 15) is 4.79 Å². The number of hydrogen-bond donors (Lipinski definition) is 1. The SMILES string of the molecule is COc1ccc(-n2c(-c3ccc(C(=O)NC(c4ccccc4)c4ccccc4)cc3)nc3ccccc32)cc1. The van der Waals surface area contributed by atoms with Gasteiger partial charge in [-0.2, -0.15) is 0 Å². The van der Waals surface area contributed by atoms with Crippen LogP contribution in [-0.2, 0) is 0 Å². The molecule has 6 rings (SSSR count). The predicted molar refractivity (Wildman–Crippen MR) is 155 cm³/mol. The monoisotopic (exact) mass is 509 g/mol. The van der Waals surface area contributed by atoms with Gasteiger partial charge in [-0.25, -0.2) is 4.98 Å². The van der Waals surface area contributed by atoms with Gasteiger partial charge in [0.2, 0.25) is 0 Å². The molecule has 0 bridgehead atoms. The molecule has 0 radical (unpaired) electrons. The van der Waals surface area contributed by atoms with E-state index in [1.165, 1.54) is 0 Å². The van der Waals surface area contributed by atoms with Gasteiger partial charge in [0.1, 0.15) is 11.6 Å². The summed E-state index contributed by atoms with van der Waals surface area (Å²) in [5.41, 5.74) is 6.45. The van der Waals surface area contributed by atoms with E-state index in [0.29, 0.717) is 5.56 Å². The number of fused-ring (bicyclic) bond motifs is 1. The first-order valence-electron chi connectivity index (χ1n) is 12.8. The molecule has 1 amide bonds. The number of carbonyl (C=O) groups excluding carboxylic acids is 1. The maximum absolute atomic E-state index is 13.4. The fraction of sp³-hybridized carbons (Fsp3) is 0.0588. The largest absolute Gasteiger partial charge is 0.497 e. The van der Waals surface area contributed by atoms with Crippen molar-refractivity contribution >= 4 is 16.9 Å². The van der Waals surface area contributed by atoms with Gasteiger partial charge in [-0.15, -0.1) is 0 Å². The third-order valence-electron chi connectivity index (χ3n) is 6.84. The molecule has 5 aromatic carbocycles. The van der Waals surface area contributed by atoms with Crippen molar-refractivity contribution < 1.29 is 9.53 Å². The molecule has 6 aromatic rings. The second-order valence-electron chi connectivity index (χ2n) is 9.26. The van der Waals surface area contributed by atoms with Crippen LogP contribution in [0.3, 0.4) is 0 Å². The molecule has 0 spiro atoms. The van der Waals surface area contributed by atoms with Crippen LogP contribution in [0.1, 0.15) is 27.5 Å². The summed E-state index contributed by atoms with van der Waals surface area (Å²) in [6.45, 7) is 0. The predicted octanol–water partition coefficient (Wildman–Crippen LogP) is 7.22. The zero-order valence-electron chi connectivity index (χ0n) is 21.5. The second kappa shape index (κ2) is 10.7. The van der Waals surface area contributed by atoms with Gasteiger partial charge in [-0.05, 0) is 59.7 Å². The molecule has 1 N–H and O–H groups in total. The van der Waals surface area contributed by atoms with E-state index in [-0.39, 0.29) is 11.9 Å². The third kappa shape index (κ3) is 4.90.